The molecular weight excluding hydrogens is 242 g/mol. The monoisotopic (exact) mass is 251 g/mol. The molecule has 0 aliphatic heterocycles. The van der Waals surface area contributed by atoms with Crippen molar-refractivity contribution < 1.29 is 0 Å². The molecule has 0 aliphatic rings. The van der Waals surface area contributed by atoms with Crippen molar-refractivity contribution in [2.24, 2.45) is 0 Å². The van der Waals surface area contributed by atoms with Crippen LogP contribution in [0.2, 0.25) is 0 Å². The zero-order chi connectivity index (χ0) is 13.2. The van der Waals surface area contributed by atoms with Crippen LogP contribution in [0.25, 0.3) is 10.9 Å². The van der Waals surface area contributed by atoms with E-state index in [1.54, 1.807) is 29.0 Å². The van der Waals surface area contributed by atoms with E-state index in [1.807, 2.05) is 12.1 Å². The Balaban J connectivity index is 2.07. The van der Waals surface area contributed by atoms with Gasteiger partial charge in [0.2, 0.25) is 5.82 Å². The largest absolute Gasteiger partial charge is 0.315 e. The van der Waals surface area contributed by atoms with Gasteiger partial charge in [-0.05, 0) is 12.1 Å². The van der Waals surface area contributed by atoms with E-state index >= 15 is 0 Å². The van der Waals surface area contributed by atoms with Crippen LogP contribution < -0.4 is 5.56 Å². The number of rotatable bonds is 2. The van der Waals surface area contributed by atoms with Gasteiger partial charge < -0.3 is 9.55 Å². The van der Waals surface area contributed by atoms with Gasteiger partial charge in [0.15, 0.2) is 0 Å². The molecule has 0 bridgehead atoms. The summed E-state index contributed by atoms with van der Waals surface area (Å²) in [5, 5.41) is 9.44. The Hall–Kier alpha value is -2.94. The summed E-state index contributed by atoms with van der Waals surface area (Å²) >= 11 is 0. The molecule has 3 aromatic rings. The standard InChI is InChI=1S/C13H9N5O/c14-7-12-15-5-6-18(12)8-11-16-10-4-2-1-3-9(10)13(19)17-11/h1-6H,8H2,(H,16,17,19). The third-order valence-electron chi connectivity index (χ3n) is 2.80. The maximum absolute atomic E-state index is 11.9. The lowest BCUT2D eigenvalue weighted by Gasteiger charge is -2.04. The molecule has 0 amide bonds. The summed E-state index contributed by atoms with van der Waals surface area (Å²) in [7, 11) is 0. The highest BCUT2D eigenvalue weighted by Crippen LogP contribution is 2.07. The molecule has 0 aliphatic carbocycles. The molecule has 0 spiro atoms. The number of aromatic nitrogens is 4. The quantitative estimate of drug-likeness (QED) is 0.737. The van der Waals surface area contributed by atoms with E-state index in [2.05, 4.69) is 15.0 Å². The third-order valence-corrected chi connectivity index (χ3v) is 2.80. The smallest absolute Gasteiger partial charge is 0.258 e. The molecule has 6 heteroatoms. The second-order valence-electron chi connectivity index (χ2n) is 4.02. The normalized spacial score (nSPS) is 10.5. The predicted molar refractivity (Wildman–Crippen MR) is 68.4 cm³/mol. The Morgan fingerprint density at radius 2 is 2.21 bits per heavy atom. The van der Waals surface area contributed by atoms with E-state index in [0.29, 0.717) is 23.3 Å². The summed E-state index contributed by atoms with van der Waals surface area (Å²) in [5.41, 5.74) is 0.457. The molecule has 0 unspecified atom stereocenters. The molecule has 0 radical (unpaired) electrons. The summed E-state index contributed by atoms with van der Waals surface area (Å²) in [6.07, 6.45) is 3.21. The van der Waals surface area contributed by atoms with Crippen LogP contribution in [0.15, 0.2) is 41.5 Å². The SMILES string of the molecule is N#Cc1nccn1Cc1nc2ccccc2c(=O)[nH]1. The fourth-order valence-electron chi connectivity index (χ4n) is 1.92. The zero-order valence-electron chi connectivity index (χ0n) is 9.87. The van der Waals surface area contributed by atoms with Crippen LogP contribution in [-0.4, -0.2) is 19.5 Å². The number of benzene rings is 1. The fourth-order valence-corrected chi connectivity index (χ4v) is 1.92. The molecule has 1 N–H and O–H groups in total. The van der Waals surface area contributed by atoms with Crippen LogP contribution in [-0.2, 0) is 6.54 Å². The first-order valence-electron chi connectivity index (χ1n) is 5.67. The highest BCUT2D eigenvalue weighted by Gasteiger charge is 2.06. The number of fused-ring (bicyclic) bond motifs is 1. The number of imidazole rings is 1. The molecule has 3 rings (SSSR count). The van der Waals surface area contributed by atoms with Gasteiger partial charge in [-0.3, -0.25) is 4.79 Å². The minimum absolute atomic E-state index is 0.181. The fraction of sp³-hybridized carbons (Fsp3) is 0.0769. The molecule has 2 heterocycles. The number of hydrogen-bond acceptors (Lipinski definition) is 4. The first-order valence-corrected chi connectivity index (χ1v) is 5.67. The van der Waals surface area contributed by atoms with Crippen LogP contribution in [0.4, 0.5) is 0 Å². The molecule has 92 valence electrons. The number of nitrogens with zero attached hydrogens (tertiary/aromatic N) is 4. The lowest BCUT2D eigenvalue weighted by molar-refractivity contribution is 0.733. The van der Waals surface area contributed by atoms with Crippen molar-refractivity contribution in [1.82, 2.24) is 19.5 Å². The lowest BCUT2D eigenvalue weighted by Crippen LogP contribution is -2.14. The first-order chi connectivity index (χ1) is 9.28. The second-order valence-corrected chi connectivity index (χ2v) is 4.02. The number of nitrogens with one attached hydrogen (secondary N) is 1. The van der Waals surface area contributed by atoms with Crippen molar-refractivity contribution in [1.29, 1.82) is 5.26 Å². The van der Waals surface area contributed by atoms with Crippen LogP contribution in [0.1, 0.15) is 11.6 Å². The topological polar surface area (TPSA) is 87.4 Å². The average molecular weight is 251 g/mol. The zero-order valence-corrected chi connectivity index (χ0v) is 9.87. The van der Waals surface area contributed by atoms with Gasteiger partial charge in [0.1, 0.15) is 11.9 Å². The van der Waals surface area contributed by atoms with E-state index < -0.39 is 0 Å². The van der Waals surface area contributed by atoms with Crippen molar-refractivity contribution in [3.63, 3.8) is 0 Å². The maximum Gasteiger partial charge on any atom is 0.258 e. The summed E-state index contributed by atoms with van der Waals surface area (Å²) < 4.78 is 1.63. The highest BCUT2D eigenvalue weighted by atomic mass is 16.1. The molecule has 0 saturated carbocycles. The van der Waals surface area contributed by atoms with Crippen LogP contribution in [0.3, 0.4) is 0 Å². The molecule has 0 fully saturated rings. The Kier molecular flexibility index (Phi) is 2.58. The van der Waals surface area contributed by atoms with Gasteiger partial charge in [-0.1, -0.05) is 12.1 Å². The van der Waals surface area contributed by atoms with Gasteiger partial charge in [0.05, 0.1) is 17.4 Å². The molecule has 0 saturated heterocycles. The maximum atomic E-state index is 11.9. The number of H-pyrrole nitrogens is 1. The van der Waals surface area contributed by atoms with Crippen molar-refractivity contribution in [2.75, 3.05) is 0 Å². The summed E-state index contributed by atoms with van der Waals surface area (Å²) in [6.45, 7) is 0.308. The molecule has 6 nitrogen and oxygen atoms in total. The molecule has 2 aromatic heterocycles. The van der Waals surface area contributed by atoms with Crippen molar-refractivity contribution in [3.8, 4) is 6.07 Å². The summed E-state index contributed by atoms with van der Waals surface area (Å²) in [6, 6.07) is 9.11. The van der Waals surface area contributed by atoms with Gasteiger partial charge in [-0.15, -0.1) is 0 Å². The van der Waals surface area contributed by atoms with Gasteiger partial charge >= 0.3 is 0 Å². The number of nitriles is 1. The average Bonchev–Trinajstić information content (AvgIpc) is 2.86. The first kappa shape index (κ1) is 11.2. The van der Waals surface area contributed by atoms with Gasteiger partial charge in [0, 0.05) is 12.4 Å². The minimum atomic E-state index is -0.181. The van der Waals surface area contributed by atoms with E-state index in [-0.39, 0.29) is 11.4 Å². The van der Waals surface area contributed by atoms with Crippen LogP contribution in [0.5, 0.6) is 0 Å². The Morgan fingerprint density at radius 3 is 3.05 bits per heavy atom. The Bertz CT molecular complexity index is 840. The van der Waals surface area contributed by atoms with E-state index in [4.69, 9.17) is 5.26 Å². The number of hydrogen-bond donors (Lipinski definition) is 1. The van der Waals surface area contributed by atoms with Crippen molar-refractivity contribution in [2.45, 2.75) is 6.54 Å². The second kappa shape index (κ2) is 4.38. The van der Waals surface area contributed by atoms with Crippen LogP contribution >= 0.6 is 0 Å². The van der Waals surface area contributed by atoms with Gasteiger partial charge in [-0.25, -0.2) is 9.97 Å². The van der Waals surface area contributed by atoms with E-state index in [0.717, 1.165) is 0 Å². The highest BCUT2D eigenvalue weighted by molar-refractivity contribution is 5.77. The van der Waals surface area contributed by atoms with Crippen molar-refractivity contribution in [3.05, 3.63) is 58.7 Å². The molecule has 1 aromatic carbocycles. The molecule has 0 atom stereocenters. The van der Waals surface area contributed by atoms with E-state index in [1.165, 1.54) is 6.20 Å². The van der Waals surface area contributed by atoms with Crippen molar-refractivity contribution >= 4 is 10.9 Å². The summed E-state index contributed by atoms with van der Waals surface area (Å²) in [4.78, 5) is 22.9. The molecular formula is C13H9N5O. The molecule has 19 heavy (non-hydrogen) atoms. The van der Waals surface area contributed by atoms with Gasteiger partial charge in [-0.2, -0.15) is 5.26 Å². The van der Waals surface area contributed by atoms with E-state index in [9.17, 15) is 4.79 Å². The Labute approximate surface area is 108 Å². The van der Waals surface area contributed by atoms with Gasteiger partial charge in [0.25, 0.3) is 5.56 Å². The summed E-state index contributed by atoms with van der Waals surface area (Å²) in [5.74, 6) is 0.786. The number of para-hydroxylation sites is 1. The Morgan fingerprint density at radius 1 is 1.37 bits per heavy atom. The third kappa shape index (κ3) is 1.98. The minimum Gasteiger partial charge on any atom is -0.315 e. The van der Waals surface area contributed by atoms with Crippen LogP contribution in [0, 0.1) is 11.3 Å². The lowest BCUT2D eigenvalue weighted by atomic mass is 10.2. The predicted octanol–water partition coefficient (Wildman–Crippen LogP) is 1.04. The number of aromatic amines is 1.